The number of carbonyl (C=O) groups excluding carboxylic acids is 2. The SMILES string of the molecule is CNCCCC(=O)Nc1ccc(NC(C)=O)cc1.Cl. The van der Waals surface area contributed by atoms with Crippen molar-refractivity contribution in [3.8, 4) is 0 Å². The smallest absolute Gasteiger partial charge is 0.224 e. The van der Waals surface area contributed by atoms with Crippen LogP contribution < -0.4 is 16.0 Å². The molecule has 1 aromatic rings. The van der Waals surface area contributed by atoms with E-state index in [9.17, 15) is 9.59 Å². The van der Waals surface area contributed by atoms with Crippen LogP contribution in [-0.2, 0) is 9.59 Å². The fraction of sp³-hybridized carbons (Fsp3) is 0.385. The van der Waals surface area contributed by atoms with Gasteiger partial charge in [-0.05, 0) is 44.3 Å². The first-order valence-electron chi connectivity index (χ1n) is 5.94. The minimum Gasteiger partial charge on any atom is -0.326 e. The molecule has 5 nitrogen and oxygen atoms in total. The minimum atomic E-state index is -0.112. The van der Waals surface area contributed by atoms with E-state index < -0.39 is 0 Å². The lowest BCUT2D eigenvalue weighted by atomic mass is 10.2. The van der Waals surface area contributed by atoms with Crippen LogP contribution in [0.1, 0.15) is 19.8 Å². The number of benzene rings is 1. The Hall–Kier alpha value is -1.59. The Balaban J connectivity index is 0.00000324. The first kappa shape index (κ1) is 17.4. The summed E-state index contributed by atoms with van der Waals surface area (Å²) in [5.74, 6) is -0.114. The second kappa shape index (κ2) is 9.35. The summed E-state index contributed by atoms with van der Waals surface area (Å²) in [6.45, 7) is 2.28. The summed E-state index contributed by atoms with van der Waals surface area (Å²) in [5.41, 5.74) is 1.45. The largest absolute Gasteiger partial charge is 0.326 e. The number of halogens is 1. The van der Waals surface area contributed by atoms with Crippen molar-refractivity contribution in [3.63, 3.8) is 0 Å². The first-order chi connectivity index (χ1) is 8.61. The average Bonchev–Trinajstić information content (AvgIpc) is 2.31. The van der Waals surface area contributed by atoms with Crippen LogP contribution in [0.4, 0.5) is 11.4 Å². The van der Waals surface area contributed by atoms with Crippen LogP contribution in [0.3, 0.4) is 0 Å². The molecule has 0 fully saturated rings. The Morgan fingerprint density at radius 1 is 1.05 bits per heavy atom. The van der Waals surface area contributed by atoms with E-state index >= 15 is 0 Å². The minimum absolute atomic E-state index is 0. The van der Waals surface area contributed by atoms with Crippen molar-refractivity contribution in [2.45, 2.75) is 19.8 Å². The molecule has 0 spiro atoms. The predicted molar refractivity (Wildman–Crippen MR) is 79.8 cm³/mol. The zero-order valence-electron chi connectivity index (χ0n) is 11.2. The van der Waals surface area contributed by atoms with Gasteiger partial charge in [0.15, 0.2) is 0 Å². The molecular formula is C13H20ClN3O2. The summed E-state index contributed by atoms with van der Waals surface area (Å²) in [7, 11) is 1.86. The number of hydrogen-bond donors (Lipinski definition) is 3. The van der Waals surface area contributed by atoms with Crippen molar-refractivity contribution in [1.29, 1.82) is 0 Å². The Morgan fingerprint density at radius 2 is 1.58 bits per heavy atom. The summed E-state index contributed by atoms with van der Waals surface area (Å²) in [5, 5.41) is 8.46. The first-order valence-corrected chi connectivity index (χ1v) is 5.94. The summed E-state index contributed by atoms with van der Waals surface area (Å²) < 4.78 is 0. The zero-order chi connectivity index (χ0) is 13.4. The predicted octanol–water partition coefficient (Wildman–Crippen LogP) is 2.00. The summed E-state index contributed by atoms with van der Waals surface area (Å²) in [6, 6.07) is 7.04. The van der Waals surface area contributed by atoms with Crippen LogP contribution in [0.15, 0.2) is 24.3 Å². The standard InChI is InChI=1S/C13H19N3O2.ClH/c1-10(17)15-11-5-7-12(8-6-11)16-13(18)4-3-9-14-2;/h5-8,14H,3-4,9H2,1-2H3,(H,15,17)(H,16,18);1H. The third-order valence-corrected chi connectivity index (χ3v) is 2.32. The van der Waals surface area contributed by atoms with Crippen LogP contribution >= 0.6 is 12.4 Å². The highest BCUT2D eigenvalue weighted by Gasteiger charge is 2.02. The maximum absolute atomic E-state index is 11.5. The molecule has 3 N–H and O–H groups in total. The molecule has 19 heavy (non-hydrogen) atoms. The lowest BCUT2D eigenvalue weighted by Gasteiger charge is -2.06. The van der Waals surface area contributed by atoms with E-state index in [0.717, 1.165) is 24.3 Å². The van der Waals surface area contributed by atoms with Crippen molar-refractivity contribution in [1.82, 2.24) is 5.32 Å². The van der Waals surface area contributed by atoms with Crippen molar-refractivity contribution >= 4 is 35.6 Å². The van der Waals surface area contributed by atoms with E-state index in [2.05, 4.69) is 16.0 Å². The van der Waals surface area contributed by atoms with Gasteiger partial charge in [-0.15, -0.1) is 12.4 Å². The van der Waals surface area contributed by atoms with Gasteiger partial charge in [0.1, 0.15) is 0 Å². The fourth-order valence-electron chi connectivity index (χ4n) is 1.49. The second-order valence-electron chi connectivity index (χ2n) is 4.01. The number of nitrogens with one attached hydrogen (secondary N) is 3. The molecule has 1 rings (SSSR count). The van der Waals surface area contributed by atoms with Gasteiger partial charge in [0, 0.05) is 24.7 Å². The highest BCUT2D eigenvalue weighted by molar-refractivity contribution is 5.92. The van der Waals surface area contributed by atoms with Crippen LogP contribution in [0.5, 0.6) is 0 Å². The molecule has 0 aromatic heterocycles. The topological polar surface area (TPSA) is 70.2 Å². The fourth-order valence-corrected chi connectivity index (χ4v) is 1.49. The number of amides is 2. The monoisotopic (exact) mass is 285 g/mol. The van der Waals surface area contributed by atoms with Gasteiger partial charge in [-0.1, -0.05) is 0 Å². The highest BCUT2D eigenvalue weighted by atomic mass is 35.5. The quantitative estimate of drug-likeness (QED) is 0.700. The summed E-state index contributed by atoms with van der Waals surface area (Å²) in [4.78, 5) is 22.4. The van der Waals surface area contributed by atoms with Gasteiger partial charge < -0.3 is 16.0 Å². The Bertz CT molecular complexity index is 407. The van der Waals surface area contributed by atoms with Crippen LogP contribution in [0.25, 0.3) is 0 Å². The number of anilines is 2. The molecule has 106 valence electrons. The Kier molecular flexibility index (Phi) is 8.57. The summed E-state index contributed by atoms with van der Waals surface area (Å²) >= 11 is 0. The molecular weight excluding hydrogens is 266 g/mol. The Morgan fingerprint density at radius 3 is 2.05 bits per heavy atom. The van der Waals surface area contributed by atoms with Crippen LogP contribution in [0, 0.1) is 0 Å². The van der Waals surface area contributed by atoms with E-state index in [1.165, 1.54) is 6.92 Å². The molecule has 0 saturated heterocycles. The maximum atomic E-state index is 11.5. The molecule has 0 heterocycles. The van der Waals surface area contributed by atoms with Crippen LogP contribution in [-0.4, -0.2) is 25.4 Å². The molecule has 2 amide bonds. The maximum Gasteiger partial charge on any atom is 0.224 e. The molecule has 0 atom stereocenters. The molecule has 0 unspecified atom stereocenters. The van der Waals surface area contributed by atoms with Gasteiger partial charge in [-0.25, -0.2) is 0 Å². The van der Waals surface area contributed by atoms with Crippen molar-refractivity contribution in [3.05, 3.63) is 24.3 Å². The third-order valence-electron chi connectivity index (χ3n) is 2.32. The van der Waals surface area contributed by atoms with E-state index in [1.54, 1.807) is 24.3 Å². The van der Waals surface area contributed by atoms with Gasteiger partial charge in [0.05, 0.1) is 0 Å². The molecule has 0 aliphatic carbocycles. The number of carbonyl (C=O) groups is 2. The zero-order valence-corrected chi connectivity index (χ0v) is 12.0. The van der Waals surface area contributed by atoms with Gasteiger partial charge in [0.25, 0.3) is 0 Å². The summed E-state index contributed by atoms with van der Waals surface area (Å²) in [6.07, 6.45) is 1.31. The van der Waals surface area contributed by atoms with E-state index in [-0.39, 0.29) is 24.2 Å². The Labute approximate surface area is 119 Å². The van der Waals surface area contributed by atoms with E-state index in [1.807, 2.05) is 7.05 Å². The van der Waals surface area contributed by atoms with Crippen molar-refractivity contribution in [2.75, 3.05) is 24.2 Å². The second-order valence-corrected chi connectivity index (χ2v) is 4.01. The molecule has 0 aliphatic heterocycles. The lowest BCUT2D eigenvalue weighted by molar-refractivity contribution is -0.116. The normalized spacial score (nSPS) is 9.37. The number of hydrogen-bond acceptors (Lipinski definition) is 3. The van der Waals surface area contributed by atoms with Gasteiger partial charge in [-0.3, -0.25) is 9.59 Å². The van der Waals surface area contributed by atoms with Gasteiger partial charge in [0.2, 0.25) is 11.8 Å². The van der Waals surface area contributed by atoms with E-state index in [4.69, 9.17) is 0 Å². The molecule has 6 heteroatoms. The van der Waals surface area contributed by atoms with Gasteiger partial charge >= 0.3 is 0 Å². The molecule has 0 saturated carbocycles. The average molecular weight is 286 g/mol. The number of rotatable bonds is 6. The highest BCUT2D eigenvalue weighted by Crippen LogP contribution is 2.13. The molecule has 0 aliphatic rings. The molecule has 0 bridgehead atoms. The van der Waals surface area contributed by atoms with E-state index in [0.29, 0.717) is 6.42 Å². The van der Waals surface area contributed by atoms with Gasteiger partial charge in [-0.2, -0.15) is 0 Å². The van der Waals surface area contributed by atoms with Crippen molar-refractivity contribution < 1.29 is 9.59 Å². The lowest BCUT2D eigenvalue weighted by Crippen LogP contribution is -2.15. The molecule has 1 aromatic carbocycles. The van der Waals surface area contributed by atoms with Crippen molar-refractivity contribution in [2.24, 2.45) is 0 Å². The molecule has 0 radical (unpaired) electrons. The van der Waals surface area contributed by atoms with Crippen LogP contribution in [0.2, 0.25) is 0 Å². The third kappa shape index (κ3) is 7.43.